The molecule has 0 spiro atoms. The Kier molecular flexibility index (Phi) is 7.01. The molecule has 0 bridgehead atoms. The molecule has 0 saturated carbocycles. The number of dihydropyridines is 1. The van der Waals surface area contributed by atoms with E-state index in [9.17, 15) is 9.59 Å². The second-order valence-electron chi connectivity index (χ2n) is 8.30. The van der Waals surface area contributed by atoms with Crippen LogP contribution in [0.1, 0.15) is 45.1 Å². The summed E-state index contributed by atoms with van der Waals surface area (Å²) >= 11 is 6.52. The summed E-state index contributed by atoms with van der Waals surface area (Å²) in [6.45, 7) is 6.13. The number of esters is 1. The van der Waals surface area contributed by atoms with E-state index >= 15 is 0 Å². The number of rotatable bonds is 7. The predicted octanol–water partition coefficient (Wildman–Crippen LogP) is 3.50. The highest BCUT2D eigenvalue weighted by atomic mass is 35.5. The van der Waals surface area contributed by atoms with Crippen molar-refractivity contribution in [1.82, 2.24) is 5.32 Å². The molecule has 1 heterocycles. The second-order valence-corrected chi connectivity index (χ2v) is 8.71. The average molecular weight is 434 g/mol. The summed E-state index contributed by atoms with van der Waals surface area (Å²) in [7, 11) is 0. The van der Waals surface area contributed by atoms with Crippen LogP contribution in [0.15, 0.2) is 46.8 Å². The molecule has 0 fully saturated rings. The molecule has 162 valence electrons. The van der Waals surface area contributed by atoms with Crippen molar-refractivity contribution in [2.24, 2.45) is 5.41 Å². The summed E-state index contributed by atoms with van der Waals surface area (Å²) < 4.78 is 10.9. The van der Waals surface area contributed by atoms with Gasteiger partial charge in [0.25, 0.3) is 0 Å². The van der Waals surface area contributed by atoms with Gasteiger partial charge in [0, 0.05) is 28.6 Å². The lowest BCUT2D eigenvalue weighted by molar-refractivity contribution is -0.139. The molecule has 1 atom stereocenters. The Labute approximate surface area is 181 Å². The lowest BCUT2D eigenvalue weighted by Crippen LogP contribution is -2.40. The van der Waals surface area contributed by atoms with Crippen molar-refractivity contribution in [2.75, 3.05) is 26.4 Å². The van der Waals surface area contributed by atoms with Gasteiger partial charge in [-0.3, -0.25) is 4.79 Å². The number of carbonyl (C=O) groups excluding carboxylic acids is 2. The van der Waals surface area contributed by atoms with E-state index in [1.807, 2.05) is 32.0 Å². The first-order valence-corrected chi connectivity index (χ1v) is 10.5. The Morgan fingerprint density at radius 3 is 2.70 bits per heavy atom. The molecule has 1 unspecified atom stereocenters. The molecule has 0 amide bonds. The minimum Gasteiger partial charge on any atom is -0.463 e. The van der Waals surface area contributed by atoms with Crippen LogP contribution in [0.25, 0.3) is 0 Å². The molecule has 0 saturated heterocycles. The summed E-state index contributed by atoms with van der Waals surface area (Å²) in [6.07, 6.45) is 1.05. The molecule has 2 N–H and O–H groups in total. The van der Waals surface area contributed by atoms with Gasteiger partial charge in [-0.25, -0.2) is 4.79 Å². The van der Waals surface area contributed by atoms with Gasteiger partial charge in [-0.2, -0.15) is 0 Å². The fourth-order valence-corrected chi connectivity index (χ4v) is 4.42. The van der Waals surface area contributed by atoms with Gasteiger partial charge < -0.3 is 19.9 Å². The SMILES string of the molecule is CCOC(=O)C1=C(COCCO)NC2=C(C(=O)CC(C)(C)C2)C1c1ccccc1Cl. The number of allylic oxidation sites excluding steroid dienone is 2. The molecule has 6 nitrogen and oxygen atoms in total. The number of carbonyl (C=O) groups is 2. The number of ketones is 1. The summed E-state index contributed by atoms with van der Waals surface area (Å²) in [4.78, 5) is 26.3. The third kappa shape index (κ3) is 4.61. The monoisotopic (exact) mass is 433 g/mol. The first kappa shape index (κ1) is 22.5. The van der Waals surface area contributed by atoms with E-state index in [0.29, 0.717) is 40.3 Å². The van der Waals surface area contributed by atoms with E-state index in [4.69, 9.17) is 26.2 Å². The number of hydrogen-bond donors (Lipinski definition) is 2. The van der Waals surface area contributed by atoms with Crippen molar-refractivity contribution in [2.45, 2.75) is 39.5 Å². The van der Waals surface area contributed by atoms with Crippen molar-refractivity contribution in [3.63, 3.8) is 0 Å². The fourth-order valence-electron chi connectivity index (χ4n) is 4.17. The van der Waals surface area contributed by atoms with Crippen molar-refractivity contribution in [3.05, 3.63) is 57.4 Å². The van der Waals surface area contributed by atoms with Gasteiger partial charge in [-0.05, 0) is 30.4 Å². The zero-order chi connectivity index (χ0) is 21.9. The van der Waals surface area contributed by atoms with Gasteiger partial charge in [0.15, 0.2) is 5.78 Å². The summed E-state index contributed by atoms with van der Waals surface area (Å²) in [5, 5.41) is 12.9. The van der Waals surface area contributed by atoms with Crippen molar-refractivity contribution in [1.29, 1.82) is 0 Å². The topological polar surface area (TPSA) is 84.9 Å². The van der Waals surface area contributed by atoms with E-state index in [0.717, 1.165) is 5.70 Å². The van der Waals surface area contributed by atoms with Gasteiger partial charge in [0.05, 0.1) is 37.7 Å². The molecule has 2 aliphatic rings. The third-order valence-electron chi connectivity index (χ3n) is 5.32. The fraction of sp³-hybridized carbons (Fsp3) is 0.478. The Hall–Kier alpha value is -2.15. The van der Waals surface area contributed by atoms with E-state index in [1.165, 1.54) is 0 Å². The Bertz CT molecular complexity index is 903. The number of halogens is 1. The number of benzene rings is 1. The zero-order valence-electron chi connectivity index (χ0n) is 17.6. The lowest BCUT2D eigenvalue weighted by atomic mass is 9.68. The molecule has 1 aliphatic heterocycles. The van der Waals surface area contributed by atoms with Gasteiger partial charge >= 0.3 is 5.97 Å². The molecule has 3 rings (SSSR count). The van der Waals surface area contributed by atoms with Crippen LogP contribution in [0.5, 0.6) is 0 Å². The number of Topliss-reactive ketones (excluding diaryl/α,β-unsaturated/α-hetero) is 1. The highest BCUT2D eigenvalue weighted by molar-refractivity contribution is 6.31. The maximum absolute atomic E-state index is 13.3. The van der Waals surface area contributed by atoms with Crippen LogP contribution in [0, 0.1) is 5.41 Å². The van der Waals surface area contributed by atoms with Crippen molar-refractivity contribution >= 4 is 23.4 Å². The molecule has 0 radical (unpaired) electrons. The molecular formula is C23H28ClNO5. The summed E-state index contributed by atoms with van der Waals surface area (Å²) in [5.74, 6) is -1.15. The summed E-state index contributed by atoms with van der Waals surface area (Å²) in [5.41, 5.74) is 2.70. The molecule has 1 aliphatic carbocycles. The van der Waals surface area contributed by atoms with Crippen LogP contribution >= 0.6 is 11.6 Å². The Morgan fingerprint density at radius 2 is 2.03 bits per heavy atom. The molecule has 0 aromatic heterocycles. The van der Waals surface area contributed by atoms with E-state index in [2.05, 4.69) is 5.32 Å². The maximum Gasteiger partial charge on any atom is 0.336 e. The number of aliphatic hydroxyl groups is 1. The van der Waals surface area contributed by atoms with E-state index in [-0.39, 0.29) is 37.6 Å². The van der Waals surface area contributed by atoms with Crippen LogP contribution in [0.2, 0.25) is 5.02 Å². The first-order valence-electron chi connectivity index (χ1n) is 10.2. The minimum atomic E-state index is -0.634. The molecule has 1 aromatic carbocycles. The zero-order valence-corrected chi connectivity index (χ0v) is 18.3. The van der Waals surface area contributed by atoms with Crippen LogP contribution < -0.4 is 5.32 Å². The van der Waals surface area contributed by atoms with E-state index in [1.54, 1.807) is 13.0 Å². The maximum atomic E-state index is 13.3. The Balaban J connectivity index is 2.19. The summed E-state index contributed by atoms with van der Waals surface area (Å²) in [6, 6.07) is 7.24. The standard InChI is InChI=1S/C23H28ClNO5/c1-4-30-22(28)21-17(13-29-10-9-26)25-16-11-23(2,3)12-18(27)20(16)19(21)14-7-5-6-8-15(14)24/h5-8,19,25-26H,4,9-13H2,1-3H3. The second kappa shape index (κ2) is 9.33. The van der Waals surface area contributed by atoms with Gasteiger partial charge in [-0.15, -0.1) is 0 Å². The minimum absolute atomic E-state index is 0.00389. The largest absolute Gasteiger partial charge is 0.463 e. The highest BCUT2D eigenvalue weighted by Crippen LogP contribution is 2.48. The van der Waals surface area contributed by atoms with Crippen molar-refractivity contribution < 1.29 is 24.2 Å². The van der Waals surface area contributed by atoms with Gasteiger partial charge in [0.1, 0.15) is 0 Å². The Morgan fingerprint density at radius 1 is 1.30 bits per heavy atom. The number of hydrogen-bond acceptors (Lipinski definition) is 6. The van der Waals surface area contributed by atoms with Crippen LogP contribution in [-0.4, -0.2) is 43.3 Å². The molecular weight excluding hydrogens is 406 g/mol. The van der Waals surface area contributed by atoms with Crippen LogP contribution in [0.4, 0.5) is 0 Å². The molecule has 7 heteroatoms. The number of nitrogens with one attached hydrogen (secondary N) is 1. The predicted molar refractivity (Wildman–Crippen MR) is 114 cm³/mol. The smallest absolute Gasteiger partial charge is 0.336 e. The lowest BCUT2D eigenvalue weighted by Gasteiger charge is -2.40. The van der Waals surface area contributed by atoms with E-state index < -0.39 is 11.9 Å². The van der Waals surface area contributed by atoms with Gasteiger partial charge in [-0.1, -0.05) is 43.6 Å². The number of aliphatic hydroxyl groups excluding tert-OH is 1. The highest BCUT2D eigenvalue weighted by Gasteiger charge is 2.44. The van der Waals surface area contributed by atoms with Crippen LogP contribution in [-0.2, 0) is 19.1 Å². The normalized spacial score (nSPS) is 20.7. The molecule has 30 heavy (non-hydrogen) atoms. The quantitative estimate of drug-likeness (QED) is 0.505. The number of ether oxygens (including phenoxy) is 2. The third-order valence-corrected chi connectivity index (χ3v) is 5.66. The molecule has 1 aromatic rings. The first-order chi connectivity index (χ1) is 14.3. The van der Waals surface area contributed by atoms with Gasteiger partial charge in [0.2, 0.25) is 0 Å². The van der Waals surface area contributed by atoms with Crippen molar-refractivity contribution in [3.8, 4) is 0 Å². The van der Waals surface area contributed by atoms with Crippen LogP contribution in [0.3, 0.4) is 0 Å². The average Bonchev–Trinajstić information content (AvgIpc) is 2.66.